The molecule has 21 heavy (non-hydrogen) atoms. The standard InChI is InChI=1S/C16H17NO4/c1-11-8-12(2)21-15(11)16(20)17(10-14(18)19)9-13-6-4-3-5-7-13/h3-8H,9-10H2,1-2H3,(H,18,19). The fourth-order valence-electron chi connectivity index (χ4n) is 2.16. The molecular formula is C16H17NO4. The molecule has 0 saturated carbocycles. The van der Waals surface area contributed by atoms with Crippen LogP contribution in [0, 0.1) is 13.8 Å². The number of furan rings is 1. The fraction of sp³-hybridized carbons (Fsp3) is 0.250. The molecule has 2 aromatic rings. The first-order chi connectivity index (χ1) is 9.97. The van der Waals surface area contributed by atoms with Crippen LogP contribution in [0.4, 0.5) is 0 Å². The number of carbonyl (C=O) groups excluding carboxylic acids is 1. The molecule has 5 nitrogen and oxygen atoms in total. The van der Waals surface area contributed by atoms with Crippen LogP contribution in [0.5, 0.6) is 0 Å². The highest BCUT2D eigenvalue weighted by atomic mass is 16.4. The van der Waals surface area contributed by atoms with Crippen LogP contribution < -0.4 is 0 Å². The lowest BCUT2D eigenvalue weighted by Gasteiger charge is -2.20. The highest BCUT2D eigenvalue weighted by Crippen LogP contribution is 2.17. The SMILES string of the molecule is Cc1cc(C)c(C(=O)N(CC(=O)O)Cc2ccccc2)o1. The molecule has 0 fully saturated rings. The summed E-state index contributed by atoms with van der Waals surface area (Å²) in [5.41, 5.74) is 1.58. The molecule has 1 heterocycles. The maximum absolute atomic E-state index is 12.5. The van der Waals surface area contributed by atoms with Crippen molar-refractivity contribution >= 4 is 11.9 Å². The van der Waals surface area contributed by atoms with E-state index in [-0.39, 0.29) is 18.8 Å². The van der Waals surface area contributed by atoms with Crippen molar-refractivity contribution < 1.29 is 19.1 Å². The molecule has 0 saturated heterocycles. The van der Waals surface area contributed by atoms with E-state index >= 15 is 0 Å². The lowest BCUT2D eigenvalue weighted by molar-refractivity contribution is -0.137. The molecule has 0 bridgehead atoms. The highest BCUT2D eigenvalue weighted by molar-refractivity contribution is 5.94. The molecule has 0 aliphatic carbocycles. The Kier molecular flexibility index (Phi) is 4.42. The zero-order valence-corrected chi connectivity index (χ0v) is 12.0. The van der Waals surface area contributed by atoms with Gasteiger partial charge >= 0.3 is 5.97 Å². The molecular weight excluding hydrogens is 270 g/mol. The van der Waals surface area contributed by atoms with Gasteiger partial charge in [0.2, 0.25) is 0 Å². The molecule has 1 amide bonds. The number of hydrogen-bond acceptors (Lipinski definition) is 3. The van der Waals surface area contributed by atoms with Gasteiger partial charge < -0.3 is 14.4 Å². The van der Waals surface area contributed by atoms with Crippen molar-refractivity contribution in [3.05, 3.63) is 59.0 Å². The van der Waals surface area contributed by atoms with Crippen LogP contribution in [0.25, 0.3) is 0 Å². The normalized spacial score (nSPS) is 10.4. The molecule has 5 heteroatoms. The van der Waals surface area contributed by atoms with Gasteiger partial charge in [0.15, 0.2) is 5.76 Å². The average molecular weight is 287 g/mol. The monoisotopic (exact) mass is 287 g/mol. The summed E-state index contributed by atoms with van der Waals surface area (Å²) in [6, 6.07) is 11.0. The number of nitrogens with zero attached hydrogens (tertiary/aromatic N) is 1. The van der Waals surface area contributed by atoms with E-state index in [1.54, 1.807) is 19.9 Å². The predicted molar refractivity (Wildman–Crippen MR) is 77.0 cm³/mol. The molecule has 0 radical (unpaired) electrons. The Bertz CT molecular complexity index is 646. The van der Waals surface area contributed by atoms with Crippen LogP contribution >= 0.6 is 0 Å². The summed E-state index contributed by atoms with van der Waals surface area (Å²) in [4.78, 5) is 24.8. The number of carbonyl (C=O) groups is 2. The number of amides is 1. The second-order valence-electron chi connectivity index (χ2n) is 4.91. The molecule has 1 aromatic carbocycles. The maximum atomic E-state index is 12.5. The number of carboxylic acid groups (broad SMARTS) is 1. The first kappa shape index (κ1) is 14.8. The molecule has 1 aromatic heterocycles. The largest absolute Gasteiger partial charge is 0.480 e. The van der Waals surface area contributed by atoms with Gasteiger partial charge in [-0.3, -0.25) is 9.59 Å². The Morgan fingerprint density at radius 3 is 2.38 bits per heavy atom. The molecule has 0 spiro atoms. The third kappa shape index (κ3) is 3.72. The first-order valence-corrected chi connectivity index (χ1v) is 6.59. The van der Waals surface area contributed by atoms with E-state index in [9.17, 15) is 9.59 Å². The molecule has 0 atom stereocenters. The van der Waals surface area contributed by atoms with Crippen molar-refractivity contribution in [3.63, 3.8) is 0 Å². The zero-order valence-electron chi connectivity index (χ0n) is 12.0. The van der Waals surface area contributed by atoms with Gasteiger partial charge in [0.25, 0.3) is 5.91 Å². The van der Waals surface area contributed by atoms with E-state index in [0.29, 0.717) is 11.3 Å². The quantitative estimate of drug-likeness (QED) is 0.917. The Balaban J connectivity index is 2.25. The van der Waals surface area contributed by atoms with Gasteiger partial charge in [-0.2, -0.15) is 0 Å². The van der Waals surface area contributed by atoms with Gasteiger partial charge in [0, 0.05) is 12.1 Å². The van der Waals surface area contributed by atoms with Crippen LogP contribution in [0.1, 0.15) is 27.4 Å². The molecule has 0 aliphatic heterocycles. The molecule has 0 unspecified atom stereocenters. The topological polar surface area (TPSA) is 70.8 Å². The number of hydrogen-bond donors (Lipinski definition) is 1. The van der Waals surface area contributed by atoms with Gasteiger partial charge in [-0.15, -0.1) is 0 Å². The predicted octanol–water partition coefficient (Wildman–Crippen LogP) is 2.62. The van der Waals surface area contributed by atoms with E-state index in [1.807, 2.05) is 30.3 Å². The zero-order chi connectivity index (χ0) is 15.4. The van der Waals surface area contributed by atoms with Crippen molar-refractivity contribution in [2.45, 2.75) is 20.4 Å². The number of rotatable bonds is 5. The molecule has 2 rings (SSSR count). The van der Waals surface area contributed by atoms with Crippen molar-refractivity contribution in [2.75, 3.05) is 6.54 Å². The van der Waals surface area contributed by atoms with Crippen molar-refractivity contribution in [1.82, 2.24) is 4.90 Å². The second-order valence-corrected chi connectivity index (χ2v) is 4.91. The second kappa shape index (κ2) is 6.26. The van der Waals surface area contributed by atoms with Crippen LogP contribution in [-0.4, -0.2) is 28.4 Å². The fourth-order valence-corrected chi connectivity index (χ4v) is 2.16. The van der Waals surface area contributed by atoms with Crippen molar-refractivity contribution in [2.24, 2.45) is 0 Å². The number of benzene rings is 1. The first-order valence-electron chi connectivity index (χ1n) is 6.59. The lowest BCUT2D eigenvalue weighted by Crippen LogP contribution is -2.35. The maximum Gasteiger partial charge on any atom is 0.323 e. The summed E-state index contributed by atoms with van der Waals surface area (Å²) < 4.78 is 5.39. The smallest absolute Gasteiger partial charge is 0.323 e. The third-order valence-electron chi connectivity index (χ3n) is 3.06. The molecule has 1 N–H and O–H groups in total. The minimum Gasteiger partial charge on any atom is -0.480 e. The van der Waals surface area contributed by atoms with E-state index in [0.717, 1.165) is 5.56 Å². The van der Waals surface area contributed by atoms with Crippen molar-refractivity contribution in [3.8, 4) is 0 Å². The summed E-state index contributed by atoms with van der Waals surface area (Å²) in [6.07, 6.45) is 0. The van der Waals surface area contributed by atoms with Crippen LogP contribution in [0.15, 0.2) is 40.8 Å². The summed E-state index contributed by atoms with van der Waals surface area (Å²) in [5, 5.41) is 9.01. The van der Waals surface area contributed by atoms with E-state index in [2.05, 4.69) is 0 Å². The number of aliphatic carboxylic acids is 1. The summed E-state index contributed by atoms with van der Waals surface area (Å²) in [5.74, 6) is -0.636. The van der Waals surface area contributed by atoms with Gasteiger partial charge in [-0.25, -0.2) is 0 Å². The third-order valence-corrected chi connectivity index (χ3v) is 3.06. The van der Waals surface area contributed by atoms with E-state index in [1.165, 1.54) is 4.90 Å². The minimum absolute atomic E-state index is 0.199. The van der Waals surface area contributed by atoms with Gasteiger partial charge in [-0.05, 0) is 25.5 Å². The number of aryl methyl sites for hydroxylation is 2. The van der Waals surface area contributed by atoms with Crippen LogP contribution in [0.3, 0.4) is 0 Å². The molecule has 0 aliphatic rings. The van der Waals surface area contributed by atoms with Crippen LogP contribution in [-0.2, 0) is 11.3 Å². The minimum atomic E-state index is -1.06. The van der Waals surface area contributed by atoms with Gasteiger partial charge in [-0.1, -0.05) is 30.3 Å². The summed E-state index contributed by atoms with van der Waals surface area (Å²) in [6.45, 7) is 3.38. The summed E-state index contributed by atoms with van der Waals surface area (Å²) in [7, 11) is 0. The lowest BCUT2D eigenvalue weighted by atomic mass is 10.2. The van der Waals surface area contributed by atoms with Crippen molar-refractivity contribution in [1.29, 1.82) is 0 Å². The van der Waals surface area contributed by atoms with Crippen LogP contribution in [0.2, 0.25) is 0 Å². The Hall–Kier alpha value is -2.56. The molecule has 110 valence electrons. The summed E-state index contributed by atoms with van der Waals surface area (Å²) >= 11 is 0. The Morgan fingerprint density at radius 1 is 1.19 bits per heavy atom. The van der Waals surface area contributed by atoms with Gasteiger partial charge in [0.1, 0.15) is 12.3 Å². The highest BCUT2D eigenvalue weighted by Gasteiger charge is 2.23. The van der Waals surface area contributed by atoms with E-state index < -0.39 is 11.9 Å². The van der Waals surface area contributed by atoms with Gasteiger partial charge in [0.05, 0.1) is 0 Å². The van der Waals surface area contributed by atoms with E-state index in [4.69, 9.17) is 9.52 Å². The number of carboxylic acids is 1. The Labute approximate surface area is 122 Å². The average Bonchev–Trinajstić information content (AvgIpc) is 2.77. The Morgan fingerprint density at radius 2 is 1.86 bits per heavy atom.